The van der Waals surface area contributed by atoms with Crippen LogP contribution in [-0.2, 0) is 19.3 Å². The second-order valence-electron chi connectivity index (χ2n) is 5.53. The van der Waals surface area contributed by atoms with Crippen molar-refractivity contribution < 1.29 is 0 Å². The highest BCUT2D eigenvalue weighted by molar-refractivity contribution is 5.29. The van der Waals surface area contributed by atoms with Gasteiger partial charge in [0.05, 0.1) is 0 Å². The summed E-state index contributed by atoms with van der Waals surface area (Å²) in [4.78, 5) is 13.6. The lowest BCUT2D eigenvalue weighted by Crippen LogP contribution is -2.24. The lowest BCUT2D eigenvalue weighted by molar-refractivity contribution is 0.458. The van der Waals surface area contributed by atoms with Crippen LogP contribution in [0, 0.1) is 12.8 Å². The van der Waals surface area contributed by atoms with E-state index in [-0.39, 0.29) is 0 Å². The second-order valence-corrected chi connectivity index (χ2v) is 5.53. The molecule has 4 heteroatoms. The van der Waals surface area contributed by atoms with Crippen LogP contribution in [0.4, 0.5) is 0 Å². The summed E-state index contributed by atoms with van der Waals surface area (Å²) in [5.74, 6) is 1.49. The van der Waals surface area contributed by atoms with Crippen molar-refractivity contribution in [3.8, 4) is 0 Å². The van der Waals surface area contributed by atoms with E-state index in [1.54, 1.807) is 6.20 Å². The molecule has 20 heavy (non-hydrogen) atoms. The van der Waals surface area contributed by atoms with Crippen molar-refractivity contribution in [2.45, 2.75) is 32.6 Å². The fourth-order valence-corrected chi connectivity index (χ4v) is 2.89. The van der Waals surface area contributed by atoms with Crippen LogP contribution in [0.1, 0.15) is 34.8 Å². The molecule has 1 aliphatic rings. The first-order valence-electron chi connectivity index (χ1n) is 7.20. The molecule has 0 radical (unpaired) electrons. The summed E-state index contributed by atoms with van der Waals surface area (Å²) in [5, 5.41) is 0. The molecule has 0 saturated carbocycles. The molecule has 1 atom stereocenters. The van der Waals surface area contributed by atoms with Crippen molar-refractivity contribution >= 4 is 0 Å². The molecule has 2 N–H and O–H groups in total. The molecule has 1 unspecified atom stereocenters. The number of nitrogens with zero attached hydrogens (tertiary/aromatic N) is 3. The SMILES string of the molecule is Cc1nc(Cc2cccnc2)nc2c1CC(CN)CC2. The zero-order chi connectivity index (χ0) is 13.9. The second kappa shape index (κ2) is 5.67. The van der Waals surface area contributed by atoms with Crippen LogP contribution in [-0.4, -0.2) is 21.5 Å². The average molecular weight is 268 g/mol. The number of pyridine rings is 1. The van der Waals surface area contributed by atoms with Gasteiger partial charge >= 0.3 is 0 Å². The standard InChI is InChI=1S/C16H20N4/c1-11-14-7-12(9-17)4-5-15(14)20-16(19-11)8-13-3-2-6-18-10-13/h2-3,6,10,12H,4-5,7-9,17H2,1H3. The largest absolute Gasteiger partial charge is 0.330 e. The minimum atomic E-state index is 0.592. The van der Waals surface area contributed by atoms with E-state index in [0.29, 0.717) is 5.92 Å². The Bertz CT molecular complexity index is 595. The third-order valence-corrected chi connectivity index (χ3v) is 4.05. The van der Waals surface area contributed by atoms with Crippen molar-refractivity contribution in [3.05, 3.63) is 52.9 Å². The zero-order valence-electron chi connectivity index (χ0n) is 11.8. The highest BCUT2D eigenvalue weighted by atomic mass is 14.9. The predicted octanol–water partition coefficient (Wildman–Crippen LogP) is 1.83. The Kier molecular flexibility index (Phi) is 3.74. The van der Waals surface area contributed by atoms with Crippen LogP contribution < -0.4 is 5.73 Å². The quantitative estimate of drug-likeness (QED) is 0.922. The Morgan fingerprint density at radius 1 is 1.35 bits per heavy atom. The van der Waals surface area contributed by atoms with Crippen LogP contribution in [0.2, 0.25) is 0 Å². The predicted molar refractivity (Wildman–Crippen MR) is 78.4 cm³/mol. The monoisotopic (exact) mass is 268 g/mol. The van der Waals surface area contributed by atoms with E-state index in [0.717, 1.165) is 49.3 Å². The molecule has 3 rings (SSSR count). The highest BCUT2D eigenvalue weighted by Crippen LogP contribution is 2.25. The van der Waals surface area contributed by atoms with Gasteiger partial charge in [0.25, 0.3) is 0 Å². The molecule has 104 valence electrons. The molecular formula is C16H20N4. The summed E-state index contributed by atoms with van der Waals surface area (Å²) in [7, 11) is 0. The Balaban J connectivity index is 1.87. The normalized spacial score (nSPS) is 17.8. The number of fused-ring (bicyclic) bond motifs is 1. The van der Waals surface area contributed by atoms with Gasteiger partial charge in [0.1, 0.15) is 5.82 Å². The van der Waals surface area contributed by atoms with Gasteiger partial charge in [0.2, 0.25) is 0 Å². The Morgan fingerprint density at radius 3 is 3.00 bits per heavy atom. The van der Waals surface area contributed by atoms with Gasteiger partial charge in [0.15, 0.2) is 0 Å². The lowest BCUT2D eigenvalue weighted by atomic mass is 9.86. The van der Waals surface area contributed by atoms with Gasteiger partial charge in [-0.3, -0.25) is 4.98 Å². The van der Waals surface area contributed by atoms with Crippen molar-refractivity contribution in [2.24, 2.45) is 11.7 Å². The van der Waals surface area contributed by atoms with Crippen molar-refractivity contribution in [1.29, 1.82) is 0 Å². The van der Waals surface area contributed by atoms with E-state index in [1.807, 2.05) is 12.3 Å². The van der Waals surface area contributed by atoms with Crippen molar-refractivity contribution in [1.82, 2.24) is 15.0 Å². The van der Waals surface area contributed by atoms with Gasteiger partial charge in [0, 0.05) is 30.2 Å². The van der Waals surface area contributed by atoms with Crippen LogP contribution >= 0.6 is 0 Å². The highest BCUT2D eigenvalue weighted by Gasteiger charge is 2.21. The molecule has 0 saturated heterocycles. The van der Waals surface area contributed by atoms with Gasteiger partial charge < -0.3 is 5.73 Å². The van der Waals surface area contributed by atoms with Crippen LogP contribution in [0.25, 0.3) is 0 Å². The van der Waals surface area contributed by atoms with Crippen LogP contribution in [0.15, 0.2) is 24.5 Å². The molecule has 0 bridgehead atoms. The summed E-state index contributed by atoms with van der Waals surface area (Å²) in [6.07, 6.45) is 7.62. The molecule has 0 fully saturated rings. The smallest absolute Gasteiger partial charge is 0.133 e. The number of nitrogens with two attached hydrogens (primary N) is 1. The molecule has 0 spiro atoms. The van der Waals surface area contributed by atoms with Gasteiger partial charge in [-0.15, -0.1) is 0 Å². The minimum absolute atomic E-state index is 0.592. The Hall–Kier alpha value is -1.81. The van der Waals surface area contributed by atoms with E-state index < -0.39 is 0 Å². The average Bonchev–Trinajstić information content (AvgIpc) is 2.48. The molecule has 2 aromatic heterocycles. The Labute approximate surface area is 119 Å². The number of aromatic nitrogens is 3. The van der Waals surface area contributed by atoms with Gasteiger partial charge in [-0.1, -0.05) is 6.07 Å². The third kappa shape index (κ3) is 2.70. The summed E-state index contributed by atoms with van der Waals surface area (Å²) >= 11 is 0. The first-order chi connectivity index (χ1) is 9.76. The molecule has 1 aliphatic carbocycles. The van der Waals surface area contributed by atoms with Crippen molar-refractivity contribution in [3.63, 3.8) is 0 Å². The fourth-order valence-electron chi connectivity index (χ4n) is 2.89. The first kappa shape index (κ1) is 13.2. The number of rotatable bonds is 3. The van der Waals surface area contributed by atoms with E-state index in [9.17, 15) is 0 Å². The molecule has 0 aliphatic heterocycles. The third-order valence-electron chi connectivity index (χ3n) is 4.05. The molecule has 2 aromatic rings. The Morgan fingerprint density at radius 2 is 2.25 bits per heavy atom. The summed E-state index contributed by atoms with van der Waals surface area (Å²) in [6.45, 7) is 2.85. The maximum atomic E-state index is 5.79. The zero-order valence-corrected chi connectivity index (χ0v) is 11.8. The maximum Gasteiger partial charge on any atom is 0.133 e. The van der Waals surface area contributed by atoms with E-state index in [2.05, 4.69) is 23.0 Å². The molecule has 0 aromatic carbocycles. The van der Waals surface area contributed by atoms with E-state index in [4.69, 9.17) is 10.7 Å². The van der Waals surface area contributed by atoms with Gasteiger partial charge in [-0.25, -0.2) is 9.97 Å². The summed E-state index contributed by atoms with van der Waals surface area (Å²) in [6, 6.07) is 4.02. The minimum Gasteiger partial charge on any atom is -0.330 e. The number of hydrogen-bond donors (Lipinski definition) is 1. The number of hydrogen-bond acceptors (Lipinski definition) is 4. The van der Waals surface area contributed by atoms with Crippen LogP contribution in [0.5, 0.6) is 0 Å². The summed E-state index contributed by atoms with van der Waals surface area (Å²) < 4.78 is 0. The maximum absolute atomic E-state index is 5.79. The number of aryl methyl sites for hydroxylation is 2. The molecule has 0 amide bonds. The molecule has 2 heterocycles. The lowest BCUT2D eigenvalue weighted by Gasteiger charge is -2.24. The van der Waals surface area contributed by atoms with Gasteiger partial charge in [-0.2, -0.15) is 0 Å². The first-order valence-corrected chi connectivity index (χ1v) is 7.20. The molecular weight excluding hydrogens is 248 g/mol. The fraction of sp³-hybridized carbons (Fsp3) is 0.438. The molecule has 4 nitrogen and oxygen atoms in total. The van der Waals surface area contributed by atoms with E-state index in [1.165, 1.54) is 11.3 Å². The van der Waals surface area contributed by atoms with Crippen molar-refractivity contribution in [2.75, 3.05) is 6.54 Å². The van der Waals surface area contributed by atoms with E-state index >= 15 is 0 Å². The van der Waals surface area contributed by atoms with Gasteiger partial charge in [-0.05, 0) is 55.8 Å². The summed E-state index contributed by atoms with van der Waals surface area (Å²) in [5.41, 5.74) is 10.6. The topological polar surface area (TPSA) is 64.7 Å². The van der Waals surface area contributed by atoms with Crippen LogP contribution in [0.3, 0.4) is 0 Å².